The molecule has 0 aliphatic carbocycles. The first-order valence-corrected chi connectivity index (χ1v) is 10.5. The molecular formula is C17H18BrClN4O2S. The molecule has 0 fully saturated rings. The molecule has 0 saturated heterocycles. The third kappa shape index (κ3) is 4.24. The monoisotopic (exact) mass is 456 g/mol. The van der Waals surface area contributed by atoms with Crippen LogP contribution in [0.1, 0.15) is 35.0 Å². The molecule has 26 heavy (non-hydrogen) atoms. The molecule has 1 aromatic carbocycles. The lowest BCUT2D eigenvalue weighted by Gasteiger charge is -2.12. The third-order valence-electron chi connectivity index (χ3n) is 3.89. The van der Waals surface area contributed by atoms with Crippen molar-refractivity contribution in [1.29, 1.82) is 0 Å². The Hall–Kier alpha value is -1.51. The molecule has 0 radical (unpaired) electrons. The summed E-state index contributed by atoms with van der Waals surface area (Å²) in [6, 6.07) is 5.10. The van der Waals surface area contributed by atoms with Crippen LogP contribution in [0.15, 0.2) is 22.7 Å². The summed E-state index contributed by atoms with van der Waals surface area (Å²) >= 11 is 11.2. The zero-order valence-corrected chi connectivity index (χ0v) is 17.3. The van der Waals surface area contributed by atoms with Crippen molar-refractivity contribution in [2.75, 3.05) is 11.9 Å². The van der Waals surface area contributed by atoms with Crippen LogP contribution in [-0.2, 0) is 22.8 Å². The summed E-state index contributed by atoms with van der Waals surface area (Å²) in [7, 11) is 0. The van der Waals surface area contributed by atoms with Crippen molar-refractivity contribution in [3.8, 4) is 0 Å². The van der Waals surface area contributed by atoms with E-state index in [4.69, 9.17) is 11.6 Å². The van der Waals surface area contributed by atoms with Crippen LogP contribution >= 0.6 is 39.3 Å². The van der Waals surface area contributed by atoms with Crippen LogP contribution < -0.4 is 10.6 Å². The van der Waals surface area contributed by atoms with Gasteiger partial charge >= 0.3 is 0 Å². The minimum absolute atomic E-state index is 0.0689. The molecule has 1 aromatic heterocycles. The molecule has 1 aliphatic rings. The van der Waals surface area contributed by atoms with Gasteiger partial charge in [-0.05, 0) is 24.6 Å². The maximum atomic E-state index is 12.7. The number of rotatable bonds is 6. The lowest BCUT2D eigenvalue weighted by Crippen LogP contribution is -2.29. The Bertz CT molecular complexity index is 856. The Morgan fingerprint density at radius 2 is 2.19 bits per heavy atom. The molecule has 1 aliphatic heterocycles. The summed E-state index contributed by atoms with van der Waals surface area (Å²) in [6.45, 7) is 2.68. The Balaban J connectivity index is 1.85. The van der Waals surface area contributed by atoms with E-state index in [2.05, 4.69) is 31.7 Å². The number of carbonyl (C=O) groups is 2. The van der Waals surface area contributed by atoms with E-state index in [1.54, 1.807) is 34.6 Å². The molecule has 138 valence electrons. The molecule has 2 aromatic rings. The minimum atomic E-state index is -0.328. The number of nitrogens with zero attached hydrogens (tertiary/aromatic N) is 2. The fourth-order valence-corrected chi connectivity index (χ4v) is 4.22. The highest BCUT2D eigenvalue weighted by molar-refractivity contribution is 9.10. The van der Waals surface area contributed by atoms with Crippen LogP contribution in [0.3, 0.4) is 0 Å². The van der Waals surface area contributed by atoms with Crippen LogP contribution in [0.25, 0.3) is 0 Å². The van der Waals surface area contributed by atoms with Gasteiger partial charge in [-0.2, -0.15) is 16.9 Å². The van der Waals surface area contributed by atoms with Gasteiger partial charge in [0.15, 0.2) is 0 Å². The van der Waals surface area contributed by atoms with Gasteiger partial charge in [-0.3, -0.25) is 9.59 Å². The van der Waals surface area contributed by atoms with E-state index >= 15 is 0 Å². The number of anilines is 1. The van der Waals surface area contributed by atoms with E-state index < -0.39 is 0 Å². The standard InChI is InChI=1S/C17H18BrClN4O2S/c1-2-5-20-15(24)7-23-16(12-8-26-9-14(12)22-23)21-17(25)11-6-10(18)3-4-13(11)19/h3-4,6H,2,5,7-9H2,1H3,(H,20,24)(H,21,25). The average molecular weight is 458 g/mol. The highest BCUT2D eigenvalue weighted by Crippen LogP contribution is 2.35. The lowest BCUT2D eigenvalue weighted by atomic mass is 10.2. The van der Waals surface area contributed by atoms with E-state index in [0.717, 1.165) is 33.7 Å². The number of halogens is 2. The Labute approximate surface area is 169 Å². The van der Waals surface area contributed by atoms with Gasteiger partial charge in [0.2, 0.25) is 5.91 Å². The number of fused-ring (bicyclic) bond motifs is 1. The van der Waals surface area contributed by atoms with Gasteiger partial charge in [-0.15, -0.1) is 0 Å². The number of hydrogen-bond acceptors (Lipinski definition) is 4. The number of carbonyl (C=O) groups excluding carboxylic acids is 2. The molecule has 9 heteroatoms. The first kappa shape index (κ1) is 19.3. The largest absolute Gasteiger partial charge is 0.355 e. The summed E-state index contributed by atoms with van der Waals surface area (Å²) < 4.78 is 2.33. The number of benzene rings is 1. The minimum Gasteiger partial charge on any atom is -0.355 e. The zero-order valence-electron chi connectivity index (χ0n) is 14.1. The van der Waals surface area contributed by atoms with E-state index in [0.29, 0.717) is 22.9 Å². The molecule has 0 atom stereocenters. The molecule has 6 nitrogen and oxygen atoms in total. The SMILES string of the molecule is CCCNC(=O)Cn1nc2c(c1NC(=O)c1cc(Br)ccc1Cl)CSC2. The number of aromatic nitrogens is 2. The van der Waals surface area contributed by atoms with E-state index in [-0.39, 0.29) is 18.4 Å². The molecule has 0 spiro atoms. The van der Waals surface area contributed by atoms with Crippen LogP contribution in [0, 0.1) is 0 Å². The van der Waals surface area contributed by atoms with Crippen molar-refractivity contribution in [2.24, 2.45) is 0 Å². The third-order valence-corrected chi connectivity index (χ3v) is 5.68. The number of thioether (sulfide) groups is 1. The van der Waals surface area contributed by atoms with Crippen LogP contribution in [0.2, 0.25) is 5.02 Å². The smallest absolute Gasteiger partial charge is 0.258 e. The fourth-order valence-electron chi connectivity index (χ4n) is 2.62. The van der Waals surface area contributed by atoms with Gasteiger partial charge in [0.1, 0.15) is 12.4 Å². The van der Waals surface area contributed by atoms with Gasteiger partial charge in [-0.25, -0.2) is 4.68 Å². The maximum absolute atomic E-state index is 12.7. The van der Waals surface area contributed by atoms with Crippen molar-refractivity contribution >= 4 is 56.9 Å². The normalized spacial score (nSPS) is 12.7. The topological polar surface area (TPSA) is 76.0 Å². The lowest BCUT2D eigenvalue weighted by molar-refractivity contribution is -0.121. The van der Waals surface area contributed by atoms with Crippen molar-refractivity contribution in [2.45, 2.75) is 31.4 Å². The summed E-state index contributed by atoms with van der Waals surface area (Å²) in [5.41, 5.74) is 2.25. The summed E-state index contributed by atoms with van der Waals surface area (Å²) in [5.74, 6) is 1.65. The Kier molecular flexibility index (Phi) is 6.26. The second-order valence-corrected chi connectivity index (χ2v) is 8.16. The highest BCUT2D eigenvalue weighted by atomic mass is 79.9. The molecule has 2 N–H and O–H groups in total. The van der Waals surface area contributed by atoms with Crippen LogP contribution in [-0.4, -0.2) is 28.1 Å². The fraction of sp³-hybridized carbons (Fsp3) is 0.353. The van der Waals surface area contributed by atoms with Crippen molar-refractivity contribution in [1.82, 2.24) is 15.1 Å². The summed E-state index contributed by atoms with van der Waals surface area (Å²) in [4.78, 5) is 24.8. The molecule has 0 saturated carbocycles. The van der Waals surface area contributed by atoms with Gasteiger partial charge in [0.05, 0.1) is 16.3 Å². The van der Waals surface area contributed by atoms with E-state index in [1.807, 2.05) is 6.92 Å². The van der Waals surface area contributed by atoms with Crippen molar-refractivity contribution in [3.05, 3.63) is 44.5 Å². The Morgan fingerprint density at radius 3 is 2.96 bits per heavy atom. The Morgan fingerprint density at radius 1 is 1.38 bits per heavy atom. The van der Waals surface area contributed by atoms with Gasteiger partial charge in [0, 0.05) is 28.1 Å². The molecule has 2 amide bonds. The number of nitrogens with one attached hydrogen (secondary N) is 2. The molecule has 0 bridgehead atoms. The van der Waals surface area contributed by atoms with Gasteiger partial charge < -0.3 is 10.6 Å². The summed E-state index contributed by atoms with van der Waals surface area (Å²) in [5, 5.41) is 10.6. The van der Waals surface area contributed by atoms with E-state index in [9.17, 15) is 9.59 Å². The van der Waals surface area contributed by atoms with Gasteiger partial charge in [-0.1, -0.05) is 34.5 Å². The molecule has 2 heterocycles. The molecule has 0 unspecified atom stereocenters. The zero-order chi connectivity index (χ0) is 18.7. The van der Waals surface area contributed by atoms with E-state index in [1.165, 1.54) is 0 Å². The van der Waals surface area contributed by atoms with Crippen LogP contribution in [0.4, 0.5) is 5.82 Å². The van der Waals surface area contributed by atoms with Crippen LogP contribution in [0.5, 0.6) is 0 Å². The second kappa shape index (κ2) is 8.45. The van der Waals surface area contributed by atoms with Crippen molar-refractivity contribution in [3.63, 3.8) is 0 Å². The first-order valence-electron chi connectivity index (χ1n) is 8.19. The second-order valence-electron chi connectivity index (χ2n) is 5.85. The highest BCUT2D eigenvalue weighted by Gasteiger charge is 2.25. The van der Waals surface area contributed by atoms with Gasteiger partial charge in [0.25, 0.3) is 5.91 Å². The predicted octanol–water partition coefficient (Wildman–Crippen LogP) is 3.82. The maximum Gasteiger partial charge on any atom is 0.258 e. The van der Waals surface area contributed by atoms with Crippen molar-refractivity contribution < 1.29 is 9.59 Å². The molecule has 3 rings (SSSR count). The first-order chi connectivity index (χ1) is 12.5. The quantitative estimate of drug-likeness (QED) is 0.691. The number of hydrogen-bond donors (Lipinski definition) is 2. The predicted molar refractivity (Wildman–Crippen MR) is 108 cm³/mol. The molecular weight excluding hydrogens is 440 g/mol. The average Bonchev–Trinajstić information content (AvgIpc) is 3.18. The number of amides is 2. The summed E-state index contributed by atoms with van der Waals surface area (Å²) in [6.07, 6.45) is 0.864.